The summed E-state index contributed by atoms with van der Waals surface area (Å²) in [6.07, 6.45) is 2.44. The van der Waals surface area contributed by atoms with E-state index in [1.807, 2.05) is 13.8 Å². The van der Waals surface area contributed by atoms with Crippen LogP contribution in [0.3, 0.4) is 0 Å². The fourth-order valence-electron chi connectivity index (χ4n) is 5.23. The minimum atomic E-state index is -1.05. The van der Waals surface area contributed by atoms with Gasteiger partial charge in [-0.05, 0) is 26.3 Å². The van der Waals surface area contributed by atoms with Crippen molar-refractivity contribution in [1.29, 1.82) is 0 Å². The van der Waals surface area contributed by atoms with Gasteiger partial charge < -0.3 is 19.5 Å². The third-order valence-corrected chi connectivity index (χ3v) is 7.34. The molecule has 0 aliphatic carbocycles. The number of aliphatic imine (C=N–C) groups is 1. The van der Waals surface area contributed by atoms with Crippen molar-refractivity contribution in [2.24, 2.45) is 4.99 Å². The lowest BCUT2D eigenvalue weighted by molar-refractivity contribution is -0.189. The highest BCUT2D eigenvalue weighted by Gasteiger charge is 2.54. The topological polar surface area (TPSA) is 105 Å². The number of amidine groups is 1. The Kier molecular flexibility index (Phi) is 6.01. The van der Waals surface area contributed by atoms with Gasteiger partial charge >= 0.3 is 0 Å². The normalized spacial score (nSPS) is 24.6. The van der Waals surface area contributed by atoms with Gasteiger partial charge in [0.05, 0.1) is 7.11 Å². The molecule has 2 amide bonds. The largest absolute Gasteiger partial charge is 0.491 e. The molecule has 37 heavy (non-hydrogen) atoms. The average Bonchev–Trinajstić information content (AvgIpc) is 3.08. The number of aromatic nitrogens is 1. The molecule has 3 unspecified atom stereocenters. The average molecular weight is 518 g/mol. The first-order valence-electron chi connectivity index (χ1n) is 11.9. The first kappa shape index (κ1) is 24.9. The van der Waals surface area contributed by atoms with Gasteiger partial charge in [0.15, 0.2) is 11.4 Å². The van der Waals surface area contributed by atoms with Crippen molar-refractivity contribution in [2.45, 2.75) is 51.0 Å². The highest BCUT2D eigenvalue weighted by atomic mass is 19.1. The number of rotatable bonds is 4. The molecule has 2 bridgehead atoms. The van der Waals surface area contributed by atoms with Crippen LogP contribution < -0.4 is 15.5 Å². The molecule has 4 heterocycles. The molecule has 1 aromatic carbocycles. The van der Waals surface area contributed by atoms with Gasteiger partial charge in [-0.2, -0.15) is 0 Å². The second-order valence-electron chi connectivity index (χ2n) is 9.53. The summed E-state index contributed by atoms with van der Waals surface area (Å²) in [7, 11) is 3.00. The van der Waals surface area contributed by atoms with Crippen LogP contribution in [0.4, 0.5) is 8.78 Å². The molecule has 5 rings (SSSR count). The molecule has 1 aromatic heterocycles. The number of pyridine rings is 1. The lowest BCUT2D eigenvalue weighted by atomic mass is 9.97. The minimum Gasteiger partial charge on any atom is -0.491 e. The van der Waals surface area contributed by atoms with E-state index >= 15 is 0 Å². The van der Waals surface area contributed by atoms with Gasteiger partial charge in [-0.25, -0.2) is 23.7 Å². The zero-order valence-electron chi connectivity index (χ0n) is 20.9. The molecule has 3 aliphatic rings. The molecule has 1 fully saturated rings. The Hall–Kier alpha value is -3.80. The summed E-state index contributed by atoms with van der Waals surface area (Å²) in [6.45, 7) is 3.73. The van der Waals surface area contributed by atoms with E-state index in [2.05, 4.69) is 5.32 Å². The molecule has 3 aliphatic heterocycles. The number of methoxy groups -OCH3 is 1. The van der Waals surface area contributed by atoms with Crippen LogP contribution >= 0.6 is 0 Å². The first-order chi connectivity index (χ1) is 17.6. The summed E-state index contributed by atoms with van der Waals surface area (Å²) >= 11 is 0. The van der Waals surface area contributed by atoms with Crippen molar-refractivity contribution in [2.75, 3.05) is 20.7 Å². The van der Waals surface area contributed by atoms with E-state index in [1.54, 1.807) is 21.6 Å². The van der Waals surface area contributed by atoms with E-state index < -0.39 is 34.7 Å². The van der Waals surface area contributed by atoms with Crippen LogP contribution in [-0.4, -0.2) is 64.6 Å². The number of carbonyl (C=O) groups excluding carboxylic acids is 2. The predicted octanol–water partition coefficient (Wildman–Crippen LogP) is 2.48. The summed E-state index contributed by atoms with van der Waals surface area (Å²) < 4.78 is 34.2. The molecule has 0 saturated carbocycles. The molecular formula is C25H29F2N5O5. The Bertz CT molecular complexity index is 1400. The Balaban J connectivity index is 0.00000336. The molecule has 1 saturated heterocycles. The molecule has 1 N–H and O–H groups in total. The number of carbonyl (C=O) groups is 2. The molecule has 12 heteroatoms. The van der Waals surface area contributed by atoms with E-state index in [4.69, 9.17) is 14.6 Å². The number of hydrogen-bond acceptors (Lipinski definition) is 7. The number of benzene rings is 1. The second-order valence-corrected chi connectivity index (χ2v) is 9.53. The minimum absolute atomic E-state index is 0. The fourth-order valence-corrected chi connectivity index (χ4v) is 5.23. The predicted molar refractivity (Wildman–Crippen MR) is 130 cm³/mol. The van der Waals surface area contributed by atoms with Gasteiger partial charge in [-0.15, -0.1) is 0 Å². The number of nitrogens with one attached hydrogen (secondary N) is 1. The van der Waals surface area contributed by atoms with E-state index in [9.17, 15) is 23.2 Å². The number of nitrogens with zero attached hydrogens (tertiary/aromatic N) is 4. The van der Waals surface area contributed by atoms with E-state index in [0.29, 0.717) is 24.7 Å². The number of hydrogen-bond donors (Lipinski definition) is 1. The smallest absolute Gasteiger partial charge is 0.274 e. The maximum Gasteiger partial charge on any atom is 0.274 e. The number of amides is 2. The van der Waals surface area contributed by atoms with Gasteiger partial charge in [0.25, 0.3) is 11.8 Å². The zero-order valence-corrected chi connectivity index (χ0v) is 20.9. The van der Waals surface area contributed by atoms with E-state index in [0.717, 1.165) is 6.07 Å². The van der Waals surface area contributed by atoms with Gasteiger partial charge in [0, 0.05) is 51.9 Å². The molecule has 198 valence electrons. The number of ether oxygens (including phenoxy) is 1. The number of hydroxylamine groups is 2. The van der Waals surface area contributed by atoms with Gasteiger partial charge in [0.1, 0.15) is 29.1 Å². The highest BCUT2D eigenvalue weighted by molar-refractivity contribution is 5.99. The maximum atomic E-state index is 14.1. The van der Waals surface area contributed by atoms with E-state index in [-0.39, 0.29) is 49.0 Å². The van der Waals surface area contributed by atoms with Gasteiger partial charge in [-0.3, -0.25) is 14.4 Å². The van der Waals surface area contributed by atoms with Crippen molar-refractivity contribution in [3.8, 4) is 5.75 Å². The Morgan fingerprint density at radius 3 is 2.76 bits per heavy atom. The summed E-state index contributed by atoms with van der Waals surface area (Å²) in [4.78, 5) is 52.7. The molecule has 3 atom stereocenters. The van der Waals surface area contributed by atoms with Crippen molar-refractivity contribution in [1.82, 2.24) is 19.8 Å². The fraction of sp³-hybridized carbons (Fsp3) is 0.440. The molecule has 0 radical (unpaired) electrons. The first-order valence-corrected chi connectivity index (χ1v) is 11.9. The summed E-state index contributed by atoms with van der Waals surface area (Å²) in [6, 6.07) is 2.31. The second kappa shape index (κ2) is 8.94. The van der Waals surface area contributed by atoms with Crippen molar-refractivity contribution >= 4 is 17.6 Å². The van der Waals surface area contributed by atoms with Crippen molar-refractivity contribution in [3.63, 3.8) is 0 Å². The standard InChI is InChI=1S/C25H27F2N5O5.H2/c1-13-7-8-25(29-14(2)30(3)37-25)19-12-31(13)24(35)20-22(36-4)21(33)17(11-32(19)20)23(34)28-10-15-5-6-16(26)9-18(15)27;/h5-6,9,11,13,19H,7-8,10,12H2,1-4H3,(H,28,34);1H. The number of halogens is 2. The zero-order chi connectivity index (χ0) is 26.6. The Morgan fingerprint density at radius 1 is 1.35 bits per heavy atom. The summed E-state index contributed by atoms with van der Waals surface area (Å²) in [5.74, 6) is -2.35. The molecule has 1 spiro atoms. The molecule has 2 aromatic rings. The molecular weight excluding hydrogens is 488 g/mol. The number of fused-ring (bicyclic) bond motifs is 5. The Labute approximate surface area is 212 Å². The third kappa shape index (κ3) is 3.95. The van der Waals surface area contributed by atoms with Crippen LogP contribution in [0.15, 0.2) is 34.2 Å². The lowest BCUT2D eigenvalue weighted by Gasteiger charge is -2.41. The summed E-state index contributed by atoms with van der Waals surface area (Å²) in [5, 5.41) is 4.07. The third-order valence-electron chi connectivity index (χ3n) is 7.34. The van der Waals surface area contributed by atoms with Crippen LogP contribution in [0.5, 0.6) is 5.75 Å². The van der Waals surface area contributed by atoms with Crippen LogP contribution in [0.1, 0.15) is 60.6 Å². The molecule has 10 nitrogen and oxygen atoms in total. The lowest BCUT2D eigenvalue weighted by Crippen LogP contribution is -2.52. The van der Waals surface area contributed by atoms with Crippen LogP contribution in [0.2, 0.25) is 0 Å². The summed E-state index contributed by atoms with van der Waals surface area (Å²) in [5.41, 5.74) is -2.05. The van der Waals surface area contributed by atoms with Gasteiger partial charge in [0.2, 0.25) is 11.2 Å². The quantitative estimate of drug-likeness (QED) is 0.668. The monoisotopic (exact) mass is 517 g/mol. The van der Waals surface area contributed by atoms with Gasteiger partial charge in [-0.1, -0.05) is 6.07 Å². The highest BCUT2D eigenvalue weighted by Crippen LogP contribution is 2.45. The van der Waals surface area contributed by atoms with Crippen LogP contribution in [0.25, 0.3) is 0 Å². The SMILES string of the molecule is COc1c2n(cc(C(=O)NCc3ccc(F)cc3F)c1=O)C1CN(C2=O)C(C)CCC12N=C(C)N(C)O2.[HH]. The van der Waals surface area contributed by atoms with Crippen LogP contribution in [0, 0.1) is 11.6 Å². The Morgan fingerprint density at radius 2 is 2.11 bits per heavy atom. The maximum absolute atomic E-state index is 14.1. The van der Waals surface area contributed by atoms with Crippen LogP contribution in [-0.2, 0) is 11.4 Å². The van der Waals surface area contributed by atoms with E-state index in [1.165, 1.54) is 19.4 Å². The van der Waals surface area contributed by atoms with Crippen molar-refractivity contribution in [3.05, 3.63) is 63.1 Å². The van der Waals surface area contributed by atoms with Crippen molar-refractivity contribution < 1.29 is 29.4 Å².